The summed E-state index contributed by atoms with van der Waals surface area (Å²) in [6, 6.07) is 0. The Morgan fingerprint density at radius 2 is 1.96 bits per heavy atom. The zero-order valence-corrected chi connectivity index (χ0v) is 16.1. The lowest BCUT2D eigenvalue weighted by Crippen LogP contribution is -2.64. The van der Waals surface area contributed by atoms with Gasteiger partial charge in [0.15, 0.2) is 12.1 Å². The maximum Gasteiger partial charge on any atom is 0.319 e. The highest BCUT2D eigenvalue weighted by molar-refractivity contribution is 6.07. The van der Waals surface area contributed by atoms with Crippen LogP contribution in [0.1, 0.15) is 52.4 Å². The Morgan fingerprint density at radius 3 is 2.73 bits per heavy atom. The molecule has 3 saturated carbocycles. The number of rotatable bonds is 1. The van der Waals surface area contributed by atoms with E-state index in [-0.39, 0.29) is 46.6 Å². The number of ether oxygens (including phenoxy) is 3. The minimum absolute atomic E-state index is 0.0178. The lowest BCUT2D eigenvalue weighted by molar-refractivity contribution is -0.228. The predicted molar refractivity (Wildman–Crippen MR) is 93.0 cm³/mol. The van der Waals surface area contributed by atoms with Crippen molar-refractivity contribution < 1.29 is 23.8 Å². The van der Waals surface area contributed by atoms with E-state index in [0.717, 1.165) is 32.1 Å². The Bertz CT molecular complexity index is 661. The van der Waals surface area contributed by atoms with Gasteiger partial charge in [-0.25, -0.2) is 0 Å². The molecule has 0 aromatic carbocycles. The molecule has 2 saturated heterocycles. The number of Topliss-reactive ketones (excluding diaryl/α,β-unsaturated/α-hetero) is 1. The van der Waals surface area contributed by atoms with Gasteiger partial charge in [0.1, 0.15) is 5.41 Å². The molecule has 3 aliphatic carbocycles. The van der Waals surface area contributed by atoms with E-state index in [2.05, 4.69) is 6.92 Å². The summed E-state index contributed by atoms with van der Waals surface area (Å²) >= 11 is 0. The topological polar surface area (TPSA) is 61.8 Å². The largest absolute Gasteiger partial charge is 0.464 e. The highest BCUT2D eigenvalue weighted by Gasteiger charge is 2.74. The number of hydrogen-bond acceptors (Lipinski definition) is 5. The van der Waals surface area contributed by atoms with Gasteiger partial charge in [0.05, 0.1) is 13.2 Å². The van der Waals surface area contributed by atoms with E-state index >= 15 is 0 Å². The molecule has 0 amide bonds. The SMILES string of the molecule is CO[C@@H]1OC[C@]2(C)CCC[C@]3(COC(=O)[C@@]45C[C@H](CC[C@H]43)[C@H](C)C5=O)[C@H]12. The van der Waals surface area contributed by atoms with Crippen LogP contribution in [-0.2, 0) is 23.8 Å². The van der Waals surface area contributed by atoms with Crippen LogP contribution in [0.25, 0.3) is 0 Å². The molecule has 5 nitrogen and oxygen atoms in total. The number of hydrogen-bond donors (Lipinski definition) is 0. The molecule has 2 aliphatic heterocycles. The first-order valence-corrected chi connectivity index (χ1v) is 10.2. The number of cyclic esters (lactones) is 1. The molecule has 5 fully saturated rings. The summed E-state index contributed by atoms with van der Waals surface area (Å²) in [5.41, 5.74) is -1.06. The van der Waals surface area contributed by atoms with Crippen LogP contribution in [0.15, 0.2) is 0 Å². The second-order valence-corrected chi connectivity index (χ2v) is 9.93. The number of fused-ring (bicyclic) bond motifs is 4. The van der Waals surface area contributed by atoms with Crippen molar-refractivity contribution in [1.82, 2.24) is 0 Å². The van der Waals surface area contributed by atoms with Crippen LogP contribution in [-0.4, -0.2) is 38.4 Å². The Hall–Kier alpha value is -0.940. The van der Waals surface area contributed by atoms with Gasteiger partial charge >= 0.3 is 5.97 Å². The first-order chi connectivity index (χ1) is 12.4. The minimum atomic E-state index is -0.903. The summed E-state index contributed by atoms with van der Waals surface area (Å²) in [5, 5.41) is 0. The van der Waals surface area contributed by atoms with Crippen LogP contribution in [0.2, 0.25) is 0 Å². The molecule has 2 bridgehead atoms. The number of methoxy groups -OCH3 is 1. The van der Waals surface area contributed by atoms with E-state index in [1.54, 1.807) is 7.11 Å². The van der Waals surface area contributed by atoms with Crippen molar-refractivity contribution in [1.29, 1.82) is 0 Å². The molecule has 144 valence electrons. The maximum atomic E-state index is 13.3. The van der Waals surface area contributed by atoms with Crippen LogP contribution >= 0.6 is 0 Å². The Kier molecular flexibility index (Phi) is 3.51. The van der Waals surface area contributed by atoms with Gasteiger partial charge in [-0.05, 0) is 49.4 Å². The Balaban J connectivity index is 1.65. The fraction of sp³-hybridized carbons (Fsp3) is 0.905. The molecule has 5 rings (SSSR count). The zero-order chi connectivity index (χ0) is 18.3. The van der Waals surface area contributed by atoms with Gasteiger partial charge in [0.2, 0.25) is 0 Å². The fourth-order valence-electron chi connectivity index (χ4n) is 7.85. The standard InChI is InChI=1S/C21H30O5/c1-12-13-5-6-14-20(11-26-18(23)21(14,9-13)16(12)22)8-4-7-19(2)10-25-17(24-3)15(19)20/h12-15,17H,4-11H2,1-3H3/t12-,13-,14-,15+,17+,19-,20+,21-/m0/s1. The molecule has 5 heteroatoms. The van der Waals surface area contributed by atoms with Crippen molar-refractivity contribution >= 4 is 11.8 Å². The minimum Gasteiger partial charge on any atom is -0.464 e. The van der Waals surface area contributed by atoms with Gasteiger partial charge < -0.3 is 14.2 Å². The number of carbonyl (C=O) groups excluding carboxylic acids is 2. The van der Waals surface area contributed by atoms with Gasteiger partial charge in [-0.15, -0.1) is 0 Å². The fourth-order valence-corrected chi connectivity index (χ4v) is 7.85. The smallest absolute Gasteiger partial charge is 0.319 e. The predicted octanol–water partition coefficient (Wildman–Crippen LogP) is 2.96. The molecule has 0 aromatic heterocycles. The Morgan fingerprint density at radius 1 is 1.15 bits per heavy atom. The Labute approximate surface area is 155 Å². The lowest BCUT2D eigenvalue weighted by atomic mass is 9.45. The van der Waals surface area contributed by atoms with Gasteiger partial charge in [0.25, 0.3) is 0 Å². The summed E-state index contributed by atoms with van der Waals surface area (Å²) < 4.78 is 17.7. The summed E-state index contributed by atoms with van der Waals surface area (Å²) in [7, 11) is 1.71. The summed E-state index contributed by atoms with van der Waals surface area (Å²) in [6.07, 6.45) is 5.66. The van der Waals surface area contributed by atoms with Gasteiger partial charge in [-0.1, -0.05) is 20.3 Å². The molecule has 8 atom stereocenters. The summed E-state index contributed by atoms with van der Waals surface area (Å²) in [4.78, 5) is 26.3. The molecule has 0 radical (unpaired) electrons. The van der Waals surface area contributed by atoms with Gasteiger partial charge in [-0.2, -0.15) is 0 Å². The molecule has 0 aromatic rings. The number of esters is 1. The van der Waals surface area contributed by atoms with Crippen LogP contribution < -0.4 is 0 Å². The molecule has 0 N–H and O–H groups in total. The quantitative estimate of drug-likeness (QED) is 0.530. The van der Waals surface area contributed by atoms with Crippen LogP contribution in [0.3, 0.4) is 0 Å². The van der Waals surface area contributed by atoms with E-state index in [9.17, 15) is 9.59 Å². The average molecular weight is 362 g/mol. The number of ketones is 1. The highest BCUT2D eigenvalue weighted by Crippen LogP contribution is 2.69. The van der Waals surface area contributed by atoms with Crippen LogP contribution in [0, 0.1) is 39.9 Å². The van der Waals surface area contributed by atoms with Crippen LogP contribution in [0.4, 0.5) is 0 Å². The molecule has 2 heterocycles. The van der Waals surface area contributed by atoms with E-state index in [0.29, 0.717) is 25.6 Å². The molecule has 5 aliphatic rings. The zero-order valence-electron chi connectivity index (χ0n) is 16.1. The first-order valence-electron chi connectivity index (χ1n) is 10.2. The van der Waals surface area contributed by atoms with Gasteiger partial charge in [0, 0.05) is 24.4 Å². The van der Waals surface area contributed by atoms with E-state index in [1.165, 1.54) is 0 Å². The third-order valence-electron chi connectivity index (χ3n) is 8.94. The maximum absolute atomic E-state index is 13.3. The van der Waals surface area contributed by atoms with Crippen molar-refractivity contribution in [2.75, 3.05) is 20.3 Å². The number of carbonyl (C=O) groups is 2. The van der Waals surface area contributed by atoms with Gasteiger partial charge in [-0.3, -0.25) is 9.59 Å². The second kappa shape index (κ2) is 5.32. The first kappa shape index (κ1) is 17.2. The van der Waals surface area contributed by atoms with E-state index < -0.39 is 5.41 Å². The third-order valence-corrected chi connectivity index (χ3v) is 8.94. The highest BCUT2D eigenvalue weighted by atomic mass is 16.7. The molecule has 0 unspecified atom stereocenters. The normalized spacial score (nSPS) is 55.6. The second-order valence-electron chi connectivity index (χ2n) is 9.93. The molecular weight excluding hydrogens is 332 g/mol. The lowest BCUT2D eigenvalue weighted by Gasteiger charge is -2.60. The van der Waals surface area contributed by atoms with Crippen molar-refractivity contribution in [3.8, 4) is 0 Å². The monoisotopic (exact) mass is 362 g/mol. The van der Waals surface area contributed by atoms with Crippen molar-refractivity contribution in [3.05, 3.63) is 0 Å². The average Bonchev–Trinajstić information content (AvgIpc) is 3.08. The van der Waals surface area contributed by atoms with E-state index in [1.807, 2.05) is 6.92 Å². The van der Waals surface area contributed by atoms with Crippen molar-refractivity contribution in [2.24, 2.45) is 39.9 Å². The summed E-state index contributed by atoms with van der Waals surface area (Å²) in [6.45, 7) is 5.43. The van der Waals surface area contributed by atoms with Crippen LogP contribution in [0.5, 0.6) is 0 Å². The third kappa shape index (κ3) is 1.80. The van der Waals surface area contributed by atoms with Crippen molar-refractivity contribution in [2.45, 2.75) is 58.7 Å². The van der Waals surface area contributed by atoms with E-state index in [4.69, 9.17) is 14.2 Å². The van der Waals surface area contributed by atoms with Crippen molar-refractivity contribution in [3.63, 3.8) is 0 Å². The molecule has 26 heavy (non-hydrogen) atoms. The molecule has 2 spiro atoms. The summed E-state index contributed by atoms with van der Waals surface area (Å²) in [5.74, 6) is 0.490. The molecular formula is C21H30O5.